The van der Waals surface area contributed by atoms with Crippen molar-refractivity contribution >= 4 is 0 Å². The summed E-state index contributed by atoms with van der Waals surface area (Å²) in [6, 6.07) is 0.134. The van der Waals surface area contributed by atoms with Gasteiger partial charge in [0.1, 0.15) is 0 Å². The highest BCUT2D eigenvalue weighted by molar-refractivity contribution is 5.00. The summed E-state index contributed by atoms with van der Waals surface area (Å²) in [7, 11) is 3.86. The monoisotopic (exact) mass is 178 g/mol. The molecule has 1 atom stereocenters. The van der Waals surface area contributed by atoms with Crippen LogP contribution in [0.3, 0.4) is 0 Å². The van der Waals surface area contributed by atoms with Crippen molar-refractivity contribution in [2.24, 2.45) is 7.05 Å². The maximum absolute atomic E-state index is 5.31. The minimum Gasteiger partial charge on any atom is -0.287 e. The van der Waals surface area contributed by atoms with Crippen LogP contribution < -0.4 is 0 Å². The molecule has 0 fully saturated rings. The molecule has 0 N–H and O–H groups in total. The summed E-state index contributed by atoms with van der Waals surface area (Å²) < 4.78 is 1.75. The second-order valence-electron chi connectivity index (χ2n) is 3.11. The Morgan fingerprint density at radius 3 is 2.92 bits per heavy atom. The van der Waals surface area contributed by atoms with Crippen molar-refractivity contribution in [3.8, 4) is 12.3 Å². The highest BCUT2D eigenvalue weighted by Gasteiger charge is 2.08. The lowest BCUT2D eigenvalue weighted by molar-refractivity contribution is 0.288. The second-order valence-corrected chi connectivity index (χ2v) is 3.11. The van der Waals surface area contributed by atoms with E-state index in [9.17, 15) is 0 Å². The quantitative estimate of drug-likeness (QED) is 0.623. The Balaban J connectivity index is 2.60. The van der Waals surface area contributed by atoms with Crippen LogP contribution in [0.1, 0.15) is 12.6 Å². The number of hydrogen-bond acceptors (Lipinski definition) is 3. The Labute approximate surface area is 78.5 Å². The summed E-state index contributed by atoms with van der Waals surface area (Å²) in [6.45, 7) is 2.76. The summed E-state index contributed by atoms with van der Waals surface area (Å²) in [5.74, 6) is 2.67. The Kier molecular flexibility index (Phi) is 3.04. The first kappa shape index (κ1) is 9.75. The van der Waals surface area contributed by atoms with E-state index >= 15 is 0 Å². The maximum Gasteiger partial charge on any atom is 0.0738 e. The van der Waals surface area contributed by atoms with Crippen LogP contribution in [0.25, 0.3) is 0 Å². The number of terminal acetylenes is 1. The number of rotatable bonds is 3. The second kappa shape index (κ2) is 4.06. The van der Waals surface area contributed by atoms with E-state index < -0.39 is 0 Å². The van der Waals surface area contributed by atoms with Crippen LogP contribution in [0.2, 0.25) is 0 Å². The Hall–Kier alpha value is -1.34. The van der Waals surface area contributed by atoms with Crippen LogP contribution in [-0.4, -0.2) is 33.0 Å². The fourth-order valence-electron chi connectivity index (χ4n) is 0.974. The highest BCUT2D eigenvalue weighted by Crippen LogP contribution is 2.02. The van der Waals surface area contributed by atoms with E-state index in [-0.39, 0.29) is 6.04 Å². The molecule has 0 saturated carbocycles. The molecule has 0 amide bonds. The molecule has 0 bridgehead atoms. The zero-order valence-corrected chi connectivity index (χ0v) is 8.23. The van der Waals surface area contributed by atoms with E-state index in [2.05, 4.69) is 21.1 Å². The van der Waals surface area contributed by atoms with Crippen LogP contribution in [0.5, 0.6) is 0 Å². The molecule has 13 heavy (non-hydrogen) atoms. The average molecular weight is 178 g/mol. The molecule has 1 rings (SSSR count). The summed E-state index contributed by atoms with van der Waals surface area (Å²) in [4.78, 5) is 2.07. The number of nitrogens with zero attached hydrogens (tertiary/aromatic N) is 4. The lowest BCUT2D eigenvalue weighted by Gasteiger charge is -2.19. The molecule has 0 aromatic carbocycles. The summed E-state index contributed by atoms with van der Waals surface area (Å²) in [6.07, 6.45) is 7.06. The van der Waals surface area contributed by atoms with Crippen LogP contribution in [0.15, 0.2) is 6.20 Å². The molecule has 0 radical (unpaired) electrons. The van der Waals surface area contributed by atoms with Gasteiger partial charge in [0.05, 0.1) is 17.9 Å². The average Bonchev–Trinajstić information content (AvgIpc) is 2.50. The lowest BCUT2D eigenvalue weighted by Crippen LogP contribution is -2.27. The van der Waals surface area contributed by atoms with Gasteiger partial charge in [-0.2, -0.15) is 0 Å². The van der Waals surface area contributed by atoms with E-state index in [1.165, 1.54) is 0 Å². The third kappa shape index (κ3) is 2.30. The van der Waals surface area contributed by atoms with Gasteiger partial charge < -0.3 is 0 Å². The van der Waals surface area contributed by atoms with Gasteiger partial charge in [-0.15, -0.1) is 11.5 Å². The van der Waals surface area contributed by atoms with Gasteiger partial charge in [0.25, 0.3) is 0 Å². The topological polar surface area (TPSA) is 34.0 Å². The van der Waals surface area contributed by atoms with Gasteiger partial charge in [-0.05, 0) is 14.0 Å². The van der Waals surface area contributed by atoms with Gasteiger partial charge in [-0.3, -0.25) is 9.58 Å². The molecule has 1 unspecified atom stereocenters. The zero-order valence-electron chi connectivity index (χ0n) is 8.23. The number of hydrogen-bond donors (Lipinski definition) is 0. The highest BCUT2D eigenvalue weighted by atomic mass is 15.4. The van der Waals surface area contributed by atoms with Crippen molar-refractivity contribution in [3.05, 3.63) is 11.9 Å². The molecule has 1 heterocycles. The van der Waals surface area contributed by atoms with Crippen molar-refractivity contribution in [1.29, 1.82) is 0 Å². The molecule has 4 heteroatoms. The zero-order chi connectivity index (χ0) is 9.84. The third-order valence-corrected chi connectivity index (χ3v) is 2.12. The molecule has 70 valence electrons. The van der Waals surface area contributed by atoms with Crippen molar-refractivity contribution in [2.45, 2.75) is 19.5 Å². The Morgan fingerprint density at radius 2 is 2.46 bits per heavy atom. The fraction of sp³-hybridized carbons (Fsp3) is 0.556. The first-order chi connectivity index (χ1) is 6.15. The first-order valence-electron chi connectivity index (χ1n) is 4.15. The smallest absolute Gasteiger partial charge is 0.0738 e. The van der Waals surface area contributed by atoms with E-state index in [1.807, 2.05) is 21.0 Å². The van der Waals surface area contributed by atoms with Gasteiger partial charge in [0.15, 0.2) is 0 Å². The Bertz CT molecular complexity index is 310. The predicted octanol–water partition coefficient (Wildman–Crippen LogP) is 0.269. The van der Waals surface area contributed by atoms with Crippen LogP contribution in [0, 0.1) is 12.3 Å². The van der Waals surface area contributed by atoms with Crippen LogP contribution >= 0.6 is 0 Å². The molecule has 0 aliphatic heterocycles. The van der Waals surface area contributed by atoms with Gasteiger partial charge in [0.2, 0.25) is 0 Å². The first-order valence-corrected chi connectivity index (χ1v) is 4.15. The maximum atomic E-state index is 5.31. The largest absolute Gasteiger partial charge is 0.287 e. The fourth-order valence-corrected chi connectivity index (χ4v) is 0.974. The molecule has 0 aliphatic carbocycles. The van der Waals surface area contributed by atoms with Crippen molar-refractivity contribution in [2.75, 3.05) is 7.05 Å². The van der Waals surface area contributed by atoms with E-state index in [1.54, 1.807) is 10.9 Å². The normalized spacial score (nSPS) is 12.8. The molecule has 0 spiro atoms. The molecular weight excluding hydrogens is 164 g/mol. The molecule has 1 aromatic rings. The van der Waals surface area contributed by atoms with E-state index in [0.29, 0.717) is 0 Å². The van der Waals surface area contributed by atoms with E-state index in [0.717, 1.165) is 12.2 Å². The number of aromatic nitrogens is 3. The van der Waals surface area contributed by atoms with Crippen molar-refractivity contribution in [3.63, 3.8) is 0 Å². The van der Waals surface area contributed by atoms with E-state index in [4.69, 9.17) is 6.42 Å². The Morgan fingerprint density at radius 1 is 1.77 bits per heavy atom. The standard InChI is InChI=1S/C9H14N4/c1-5-8(2)12(3)7-9-6-10-11-13(9)4/h1,6,8H,7H2,2-4H3. The van der Waals surface area contributed by atoms with Crippen molar-refractivity contribution in [1.82, 2.24) is 19.9 Å². The molecule has 0 saturated heterocycles. The van der Waals surface area contributed by atoms with Gasteiger partial charge >= 0.3 is 0 Å². The molecular formula is C9H14N4. The van der Waals surface area contributed by atoms with Gasteiger partial charge in [0, 0.05) is 13.6 Å². The van der Waals surface area contributed by atoms with Crippen LogP contribution in [-0.2, 0) is 13.6 Å². The lowest BCUT2D eigenvalue weighted by atomic mass is 10.3. The SMILES string of the molecule is C#CC(C)N(C)Cc1cnnn1C. The van der Waals surface area contributed by atoms with Crippen LogP contribution in [0.4, 0.5) is 0 Å². The van der Waals surface area contributed by atoms with Crippen molar-refractivity contribution < 1.29 is 0 Å². The minimum atomic E-state index is 0.134. The van der Waals surface area contributed by atoms with Gasteiger partial charge in [-0.25, -0.2) is 0 Å². The third-order valence-electron chi connectivity index (χ3n) is 2.12. The predicted molar refractivity (Wildman–Crippen MR) is 50.8 cm³/mol. The minimum absolute atomic E-state index is 0.134. The summed E-state index contributed by atoms with van der Waals surface area (Å²) in [5, 5.41) is 7.64. The summed E-state index contributed by atoms with van der Waals surface area (Å²) in [5.41, 5.74) is 1.06. The molecule has 1 aromatic heterocycles. The summed E-state index contributed by atoms with van der Waals surface area (Å²) >= 11 is 0. The molecule has 4 nitrogen and oxygen atoms in total. The number of aryl methyl sites for hydroxylation is 1. The van der Waals surface area contributed by atoms with Gasteiger partial charge in [-0.1, -0.05) is 11.1 Å². The molecule has 0 aliphatic rings.